The van der Waals surface area contributed by atoms with Crippen molar-refractivity contribution in [2.75, 3.05) is 0 Å². The Balaban J connectivity index is 2.64. The molecule has 0 bridgehead atoms. The van der Waals surface area contributed by atoms with Crippen LogP contribution in [-0.4, -0.2) is 0 Å². The summed E-state index contributed by atoms with van der Waals surface area (Å²) in [6.07, 6.45) is 4.59. The maximum absolute atomic E-state index is 13.2. The van der Waals surface area contributed by atoms with Crippen LogP contribution >= 0.6 is 22.6 Å². The smallest absolute Gasteiger partial charge is 0.126 e. The zero-order valence-corrected chi connectivity index (χ0v) is 9.55. The van der Waals surface area contributed by atoms with Crippen LogP contribution in [0.15, 0.2) is 30.9 Å². The molecule has 0 radical (unpaired) electrons. The Labute approximate surface area is 92.0 Å². The molecule has 0 aromatic heterocycles. The Morgan fingerprint density at radius 1 is 1.46 bits per heavy atom. The lowest BCUT2D eigenvalue weighted by Gasteiger charge is -2.02. The van der Waals surface area contributed by atoms with Gasteiger partial charge in [-0.15, -0.1) is 6.58 Å². The standard InChI is InChI=1S/C11H12FI/c1-2-3-4-5-9-8-10(13)6-7-11(9)12/h2,6-8H,1,3-5H2. The minimum absolute atomic E-state index is 0.0931. The molecule has 0 saturated carbocycles. The van der Waals surface area contributed by atoms with Crippen molar-refractivity contribution in [2.24, 2.45) is 0 Å². The van der Waals surface area contributed by atoms with Crippen LogP contribution in [0.3, 0.4) is 0 Å². The van der Waals surface area contributed by atoms with Crippen molar-refractivity contribution in [1.82, 2.24) is 0 Å². The van der Waals surface area contributed by atoms with Crippen molar-refractivity contribution in [3.8, 4) is 0 Å². The van der Waals surface area contributed by atoms with Gasteiger partial charge in [0, 0.05) is 3.57 Å². The molecule has 0 atom stereocenters. The molecule has 70 valence electrons. The van der Waals surface area contributed by atoms with Crippen LogP contribution in [0.25, 0.3) is 0 Å². The third kappa shape index (κ3) is 3.46. The molecule has 0 saturated heterocycles. The number of aryl methyl sites for hydroxylation is 1. The second kappa shape index (κ2) is 5.37. The minimum atomic E-state index is -0.0931. The molecule has 1 rings (SSSR count). The van der Waals surface area contributed by atoms with Gasteiger partial charge in [-0.1, -0.05) is 6.08 Å². The quantitative estimate of drug-likeness (QED) is 0.447. The molecule has 0 aliphatic rings. The summed E-state index contributed by atoms with van der Waals surface area (Å²) in [5, 5.41) is 0. The lowest BCUT2D eigenvalue weighted by Crippen LogP contribution is -1.91. The zero-order valence-electron chi connectivity index (χ0n) is 7.39. The van der Waals surface area contributed by atoms with E-state index in [9.17, 15) is 4.39 Å². The van der Waals surface area contributed by atoms with Crippen LogP contribution in [0.4, 0.5) is 4.39 Å². The van der Waals surface area contributed by atoms with Gasteiger partial charge in [-0.2, -0.15) is 0 Å². The highest BCUT2D eigenvalue weighted by Gasteiger charge is 2.01. The van der Waals surface area contributed by atoms with Crippen molar-refractivity contribution in [3.63, 3.8) is 0 Å². The minimum Gasteiger partial charge on any atom is -0.207 e. The molecule has 0 heterocycles. The molecule has 1 aromatic rings. The number of rotatable bonds is 4. The van der Waals surface area contributed by atoms with Gasteiger partial charge in [-0.05, 0) is 65.6 Å². The Morgan fingerprint density at radius 3 is 2.92 bits per heavy atom. The van der Waals surface area contributed by atoms with Gasteiger partial charge in [0.1, 0.15) is 5.82 Å². The van der Waals surface area contributed by atoms with E-state index >= 15 is 0 Å². The summed E-state index contributed by atoms with van der Waals surface area (Å²) in [5.74, 6) is -0.0931. The number of allylic oxidation sites excluding steroid dienone is 1. The van der Waals surface area contributed by atoms with Gasteiger partial charge in [-0.25, -0.2) is 4.39 Å². The van der Waals surface area contributed by atoms with E-state index in [2.05, 4.69) is 29.2 Å². The average Bonchev–Trinajstić information content (AvgIpc) is 2.11. The van der Waals surface area contributed by atoms with E-state index in [1.807, 2.05) is 12.1 Å². The van der Waals surface area contributed by atoms with Gasteiger partial charge in [0.05, 0.1) is 0 Å². The van der Waals surface area contributed by atoms with E-state index in [4.69, 9.17) is 0 Å². The van der Waals surface area contributed by atoms with Gasteiger partial charge >= 0.3 is 0 Å². The van der Waals surface area contributed by atoms with E-state index in [0.717, 1.165) is 28.4 Å². The highest BCUT2D eigenvalue weighted by Crippen LogP contribution is 2.14. The predicted molar refractivity (Wildman–Crippen MR) is 62.3 cm³/mol. The van der Waals surface area contributed by atoms with Crippen molar-refractivity contribution in [2.45, 2.75) is 19.3 Å². The van der Waals surface area contributed by atoms with Crippen LogP contribution in [0.1, 0.15) is 18.4 Å². The number of unbranched alkanes of at least 4 members (excludes halogenated alkanes) is 1. The van der Waals surface area contributed by atoms with Crippen molar-refractivity contribution in [1.29, 1.82) is 0 Å². The Bertz CT molecular complexity index is 294. The summed E-state index contributed by atoms with van der Waals surface area (Å²) < 4.78 is 14.3. The molecule has 0 spiro atoms. The number of hydrogen-bond donors (Lipinski definition) is 0. The Morgan fingerprint density at radius 2 is 2.23 bits per heavy atom. The number of benzene rings is 1. The van der Waals surface area contributed by atoms with Crippen molar-refractivity contribution < 1.29 is 4.39 Å². The van der Waals surface area contributed by atoms with E-state index in [1.165, 1.54) is 6.07 Å². The molecule has 0 nitrogen and oxygen atoms in total. The largest absolute Gasteiger partial charge is 0.207 e. The first-order chi connectivity index (χ1) is 6.24. The summed E-state index contributed by atoms with van der Waals surface area (Å²) in [6, 6.07) is 5.22. The average molecular weight is 290 g/mol. The highest BCUT2D eigenvalue weighted by molar-refractivity contribution is 14.1. The number of hydrogen-bond acceptors (Lipinski definition) is 0. The molecule has 0 N–H and O–H groups in total. The second-order valence-corrected chi connectivity index (χ2v) is 4.16. The molecule has 13 heavy (non-hydrogen) atoms. The fourth-order valence-corrected chi connectivity index (χ4v) is 1.73. The third-order valence-corrected chi connectivity index (χ3v) is 2.53. The molecule has 1 aromatic carbocycles. The molecule has 0 aliphatic carbocycles. The van der Waals surface area contributed by atoms with Gasteiger partial charge < -0.3 is 0 Å². The zero-order chi connectivity index (χ0) is 9.68. The lowest BCUT2D eigenvalue weighted by atomic mass is 10.1. The van der Waals surface area contributed by atoms with Crippen LogP contribution in [0, 0.1) is 9.39 Å². The normalized spacial score (nSPS) is 10.0. The molecule has 0 fully saturated rings. The SMILES string of the molecule is C=CCCCc1cc(I)ccc1F. The lowest BCUT2D eigenvalue weighted by molar-refractivity contribution is 0.604. The predicted octanol–water partition coefficient (Wildman–Crippen LogP) is 3.94. The van der Waals surface area contributed by atoms with E-state index < -0.39 is 0 Å². The first-order valence-corrected chi connectivity index (χ1v) is 5.36. The van der Waals surface area contributed by atoms with Crippen molar-refractivity contribution >= 4 is 22.6 Å². The van der Waals surface area contributed by atoms with Crippen LogP contribution in [-0.2, 0) is 6.42 Å². The molecule has 0 aliphatic heterocycles. The second-order valence-electron chi connectivity index (χ2n) is 2.92. The third-order valence-electron chi connectivity index (χ3n) is 1.86. The van der Waals surface area contributed by atoms with Crippen LogP contribution in [0.2, 0.25) is 0 Å². The van der Waals surface area contributed by atoms with E-state index in [1.54, 1.807) is 6.07 Å². The van der Waals surface area contributed by atoms with Gasteiger partial charge in [0.15, 0.2) is 0 Å². The van der Waals surface area contributed by atoms with E-state index in [0.29, 0.717) is 0 Å². The van der Waals surface area contributed by atoms with Gasteiger partial charge in [-0.3, -0.25) is 0 Å². The maximum atomic E-state index is 13.2. The maximum Gasteiger partial charge on any atom is 0.126 e. The van der Waals surface area contributed by atoms with Crippen LogP contribution < -0.4 is 0 Å². The summed E-state index contributed by atoms with van der Waals surface area (Å²) in [6.45, 7) is 3.64. The fourth-order valence-electron chi connectivity index (χ4n) is 1.17. The Kier molecular flexibility index (Phi) is 4.42. The van der Waals surface area contributed by atoms with Crippen molar-refractivity contribution in [3.05, 3.63) is 45.8 Å². The first kappa shape index (κ1) is 10.7. The summed E-state index contributed by atoms with van der Waals surface area (Å²) in [5.41, 5.74) is 0.814. The first-order valence-electron chi connectivity index (χ1n) is 4.29. The summed E-state index contributed by atoms with van der Waals surface area (Å²) >= 11 is 2.20. The Hall–Kier alpha value is -0.380. The summed E-state index contributed by atoms with van der Waals surface area (Å²) in [4.78, 5) is 0. The fraction of sp³-hybridized carbons (Fsp3) is 0.273. The highest BCUT2D eigenvalue weighted by atomic mass is 127. The van der Waals surface area contributed by atoms with E-state index in [-0.39, 0.29) is 5.82 Å². The summed E-state index contributed by atoms with van der Waals surface area (Å²) in [7, 11) is 0. The molecular weight excluding hydrogens is 278 g/mol. The molecule has 0 unspecified atom stereocenters. The van der Waals surface area contributed by atoms with Crippen LogP contribution in [0.5, 0.6) is 0 Å². The molecule has 2 heteroatoms. The van der Waals surface area contributed by atoms with Gasteiger partial charge in [0.25, 0.3) is 0 Å². The molecule has 0 amide bonds. The topological polar surface area (TPSA) is 0 Å². The monoisotopic (exact) mass is 290 g/mol. The number of halogens is 2. The molecular formula is C11H12FI. The van der Waals surface area contributed by atoms with Gasteiger partial charge in [0.2, 0.25) is 0 Å².